The lowest BCUT2D eigenvalue weighted by atomic mass is 10.1. The van der Waals surface area contributed by atoms with E-state index in [1.54, 1.807) is 11.3 Å². The van der Waals surface area contributed by atoms with Crippen LogP contribution in [0.3, 0.4) is 0 Å². The standard InChI is InChI=1S/C21H20N4OS/c1-2-4-18-16(3-1)17-6-5-14(13-19(17)26-18)20-22-23-21(27-20)25-12-11-24-9-7-15(25)8-10-24/h1-6,13,15H,7-12H2. The van der Waals surface area contributed by atoms with E-state index >= 15 is 0 Å². The Hall–Kier alpha value is -2.44. The van der Waals surface area contributed by atoms with Crippen molar-refractivity contribution in [1.29, 1.82) is 0 Å². The van der Waals surface area contributed by atoms with Crippen molar-refractivity contribution in [3.63, 3.8) is 0 Å². The molecule has 3 aliphatic rings. The molecule has 0 saturated carbocycles. The van der Waals surface area contributed by atoms with E-state index < -0.39 is 0 Å². The smallest absolute Gasteiger partial charge is 0.208 e. The fourth-order valence-corrected chi connectivity index (χ4v) is 5.38. The van der Waals surface area contributed by atoms with Crippen molar-refractivity contribution in [1.82, 2.24) is 15.1 Å². The molecule has 3 saturated heterocycles. The summed E-state index contributed by atoms with van der Waals surface area (Å²) in [6.45, 7) is 4.63. The zero-order valence-electron chi connectivity index (χ0n) is 15.0. The van der Waals surface area contributed by atoms with Crippen molar-refractivity contribution in [2.75, 3.05) is 31.1 Å². The minimum absolute atomic E-state index is 0.613. The van der Waals surface area contributed by atoms with Crippen molar-refractivity contribution in [3.05, 3.63) is 42.5 Å². The van der Waals surface area contributed by atoms with Crippen molar-refractivity contribution in [2.45, 2.75) is 18.9 Å². The number of rotatable bonds is 2. The van der Waals surface area contributed by atoms with Gasteiger partial charge in [0.15, 0.2) is 0 Å². The first kappa shape index (κ1) is 15.6. The lowest BCUT2D eigenvalue weighted by molar-refractivity contribution is 0.250. The van der Waals surface area contributed by atoms with Gasteiger partial charge in [-0.1, -0.05) is 35.6 Å². The summed E-state index contributed by atoms with van der Waals surface area (Å²) in [6, 6.07) is 15.2. The van der Waals surface area contributed by atoms with Crippen LogP contribution in [-0.4, -0.2) is 47.3 Å². The summed E-state index contributed by atoms with van der Waals surface area (Å²) in [4.78, 5) is 5.04. The predicted molar refractivity (Wildman–Crippen MR) is 109 cm³/mol. The molecule has 0 radical (unpaired) electrons. The summed E-state index contributed by atoms with van der Waals surface area (Å²) in [5, 5.41) is 13.4. The topological polar surface area (TPSA) is 45.4 Å². The number of nitrogens with zero attached hydrogens (tertiary/aromatic N) is 4. The maximum atomic E-state index is 6.03. The number of para-hydroxylation sites is 1. The Morgan fingerprint density at radius 2 is 1.74 bits per heavy atom. The van der Waals surface area contributed by atoms with Gasteiger partial charge in [0.05, 0.1) is 0 Å². The summed E-state index contributed by atoms with van der Waals surface area (Å²) in [5.74, 6) is 0. The first-order valence-electron chi connectivity index (χ1n) is 9.59. The molecule has 6 heteroatoms. The summed E-state index contributed by atoms with van der Waals surface area (Å²) < 4.78 is 6.03. The van der Waals surface area contributed by atoms with Gasteiger partial charge in [-0.15, -0.1) is 10.2 Å². The van der Waals surface area contributed by atoms with Gasteiger partial charge in [0.2, 0.25) is 5.13 Å². The molecule has 2 aromatic heterocycles. The molecule has 0 spiro atoms. The van der Waals surface area contributed by atoms with Crippen LogP contribution in [0, 0.1) is 0 Å². The fraction of sp³-hybridized carbons (Fsp3) is 0.333. The maximum absolute atomic E-state index is 6.03. The van der Waals surface area contributed by atoms with E-state index in [1.165, 1.54) is 25.9 Å². The van der Waals surface area contributed by atoms with Crippen LogP contribution in [0.2, 0.25) is 0 Å². The molecule has 0 aliphatic carbocycles. The molecule has 27 heavy (non-hydrogen) atoms. The number of piperidine rings is 1. The third-order valence-corrected chi connectivity index (χ3v) is 6.95. The zero-order valence-corrected chi connectivity index (χ0v) is 15.8. The van der Waals surface area contributed by atoms with Crippen LogP contribution in [-0.2, 0) is 0 Å². The Labute approximate surface area is 161 Å². The molecule has 4 aromatic rings. The number of hydrogen-bond acceptors (Lipinski definition) is 6. The third kappa shape index (κ3) is 2.55. The molecule has 136 valence electrons. The highest BCUT2D eigenvalue weighted by Gasteiger charge is 2.31. The average molecular weight is 376 g/mol. The first-order valence-corrected chi connectivity index (χ1v) is 10.4. The number of hydrogen-bond donors (Lipinski definition) is 0. The normalized spacial score (nSPS) is 22.6. The molecule has 3 fully saturated rings. The summed E-state index contributed by atoms with van der Waals surface area (Å²) >= 11 is 1.70. The Morgan fingerprint density at radius 3 is 2.67 bits per heavy atom. The second-order valence-corrected chi connectivity index (χ2v) is 8.42. The second-order valence-electron chi connectivity index (χ2n) is 7.47. The van der Waals surface area contributed by atoms with Gasteiger partial charge in [0, 0.05) is 48.6 Å². The van der Waals surface area contributed by atoms with Gasteiger partial charge in [0.25, 0.3) is 0 Å². The van der Waals surface area contributed by atoms with E-state index in [9.17, 15) is 0 Å². The fourth-order valence-electron chi connectivity index (χ4n) is 4.45. The molecule has 5 heterocycles. The number of benzene rings is 2. The van der Waals surface area contributed by atoms with Gasteiger partial charge in [-0.3, -0.25) is 0 Å². The van der Waals surface area contributed by atoms with Crippen LogP contribution in [0.15, 0.2) is 46.9 Å². The molecule has 7 rings (SSSR count). The SMILES string of the molecule is c1ccc2c(c1)oc1cc(-c3nnc(N4CCN5CCC4CC5)s3)ccc12. The van der Waals surface area contributed by atoms with Crippen LogP contribution in [0.4, 0.5) is 5.13 Å². The maximum Gasteiger partial charge on any atom is 0.208 e. The van der Waals surface area contributed by atoms with Crippen LogP contribution in [0.5, 0.6) is 0 Å². The summed E-state index contributed by atoms with van der Waals surface area (Å²) in [7, 11) is 0. The van der Waals surface area contributed by atoms with Crippen molar-refractivity contribution < 1.29 is 4.42 Å². The minimum Gasteiger partial charge on any atom is -0.456 e. The molecular weight excluding hydrogens is 356 g/mol. The zero-order chi connectivity index (χ0) is 17.8. The highest BCUT2D eigenvalue weighted by molar-refractivity contribution is 7.18. The number of anilines is 1. The third-order valence-electron chi connectivity index (χ3n) is 5.94. The number of fused-ring (bicyclic) bond motifs is 7. The minimum atomic E-state index is 0.613. The predicted octanol–water partition coefficient (Wildman–Crippen LogP) is 4.39. The van der Waals surface area contributed by atoms with E-state index in [0.29, 0.717) is 6.04 Å². The van der Waals surface area contributed by atoms with Gasteiger partial charge in [-0.2, -0.15) is 0 Å². The number of aromatic nitrogens is 2. The van der Waals surface area contributed by atoms with E-state index in [0.717, 1.165) is 50.7 Å². The number of furan rings is 1. The monoisotopic (exact) mass is 376 g/mol. The van der Waals surface area contributed by atoms with E-state index in [1.807, 2.05) is 18.2 Å². The molecule has 0 unspecified atom stereocenters. The van der Waals surface area contributed by atoms with Crippen molar-refractivity contribution in [2.24, 2.45) is 0 Å². The largest absolute Gasteiger partial charge is 0.456 e. The molecule has 0 N–H and O–H groups in total. The summed E-state index contributed by atoms with van der Waals surface area (Å²) in [5.41, 5.74) is 2.91. The quantitative estimate of drug-likeness (QED) is 0.519. The average Bonchev–Trinajstić information content (AvgIpc) is 3.23. The highest BCUT2D eigenvalue weighted by atomic mass is 32.1. The van der Waals surface area contributed by atoms with Gasteiger partial charge in [0.1, 0.15) is 16.2 Å². The molecule has 0 atom stereocenters. The van der Waals surface area contributed by atoms with Gasteiger partial charge < -0.3 is 14.2 Å². The van der Waals surface area contributed by atoms with E-state index in [2.05, 4.69) is 44.3 Å². The van der Waals surface area contributed by atoms with Gasteiger partial charge >= 0.3 is 0 Å². The molecule has 0 amide bonds. The van der Waals surface area contributed by atoms with Crippen molar-refractivity contribution in [3.8, 4) is 10.6 Å². The molecule has 2 bridgehead atoms. The van der Waals surface area contributed by atoms with E-state index in [-0.39, 0.29) is 0 Å². The molecule has 3 aliphatic heterocycles. The first-order chi connectivity index (χ1) is 13.3. The van der Waals surface area contributed by atoms with Crippen LogP contribution in [0.25, 0.3) is 32.5 Å². The Balaban J connectivity index is 1.37. The van der Waals surface area contributed by atoms with E-state index in [4.69, 9.17) is 4.42 Å². The Bertz CT molecular complexity index is 1130. The molecule has 2 aromatic carbocycles. The lowest BCUT2D eigenvalue weighted by Gasteiger charge is -2.30. The van der Waals surface area contributed by atoms with Crippen LogP contribution in [0.1, 0.15) is 12.8 Å². The van der Waals surface area contributed by atoms with Crippen LogP contribution >= 0.6 is 11.3 Å². The molecular formula is C21H20N4OS. The highest BCUT2D eigenvalue weighted by Crippen LogP contribution is 2.36. The second kappa shape index (κ2) is 6.04. The van der Waals surface area contributed by atoms with Gasteiger partial charge in [-0.25, -0.2) is 0 Å². The lowest BCUT2D eigenvalue weighted by Crippen LogP contribution is -2.37. The Morgan fingerprint density at radius 1 is 0.889 bits per heavy atom. The van der Waals surface area contributed by atoms with Crippen LogP contribution < -0.4 is 4.90 Å². The van der Waals surface area contributed by atoms with Crippen molar-refractivity contribution >= 4 is 38.4 Å². The van der Waals surface area contributed by atoms with Gasteiger partial charge in [-0.05, 0) is 31.0 Å². The Kier molecular flexibility index (Phi) is 3.49. The molecule has 5 nitrogen and oxygen atoms in total. The summed E-state index contributed by atoms with van der Waals surface area (Å²) in [6.07, 6.45) is 2.47.